The van der Waals surface area contributed by atoms with Crippen molar-refractivity contribution in [3.63, 3.8) is 0 Å². The zero-order valence-electron chi connectivity index (χ0n) is 11.4. The number of carboxylic acid groups (broad SMARTS) is 1. The molecule has 0 amide bonds. The van der Waals surface area contributed by atoms with Crippen LogP contribution in [0.15, 0.2) is 30.4 Å². The summed E-state index contributed by atoms with van der Waals surface area (Å²) < 4.78 is 0. The molecule has 0 bridgehead atoms. The van der Waals surface area contributed by atoms with E-state index < -0.39 is 5.97 Å². The van der Waals surface area contributed by atoms with Crippen LogP contribution >= 0.6 is 0 Å². The molecule has 3 nitrogen and oxygen atoms in total. The first kappa shape index (κ1) is 14.3. The highest BCUT2D eigenvalue weighted by Gasteiger charge is 2.14. The monoisotopic (exact) mass is 247 g/mol. The van der Waals surface area contributed by atoms with Crippen molar-refractivity contribution in [2.24, 2.45) is 0 Å². The zero-order chi connectivity index (χ0) is 13.8. The molecule has 0 atom stereocenters. The van der Waals surface area contributed by atoms with Crippen LogP contribution in [-0.2, 0) is 10.2 Å². The second-order valence-corrected chi connectivity index (χ2v) is 5.40. The van der Waals surface area contributed by atoms with Gasteiger partial charge in [0.1, 0.15) is 0 Å². The first-order chi connectivity index (χ1) is 8.30. The lowest BCUT2D eigenvalue weighted by Gasteiger charge is -2.20. The van der Waals surface area contributed by atoms with E-state index in [9.17, 15) is 4.79 Å². The molecular weight excluding hydrogens is 226 g/mol. The van der Waals surface area contributed by atoms with Crippen molar-refractivity contribution in [2.75, 3.05) is 11.9 Å². The van der Waals surface area contributed by atoms with Crippen molar-refractivity contribution in [3.05, 3.63) is 41.5 Å². The number of aryl methyl sites for hydroxylation is 1. The smallest absolute Gasteiger partial charge is 0.328 e. The van der Waals surface area contributed by atoms with Crippen LogP contribution in [0.4, 0.5) is 5.69 Å². The Labute approximate surface area is 109 Å². The number of hydrogen-bond donors (Lipinski definition) is 2. The first-order valence-electron chi connectivity index (χ1n) is 6.05. The Morgan fingerprint density at radius 2 is 2.06 bits per heavy atom. The maximum Gasteiger partial charge on any atom is 0.328 e. The van der Waals surface area contributed by atoms with Gasteiger partial charge in [0.15, 0.2) is 0 Å². The van der Waals surface area contributed by atoms with Crippen molar-refractivity contribution in [1.82, 2.24) is 0 Å². The molecule has 0 aliphatic heterocycles. The third-order valence-corrected chi connectivity index (χ3v) is 2.76. The van der Waals surface area contributed by atoms with Gasteiger partial charge in [0, 0.05) is 18.3 Å². The number of anilines is 1. The molecule has 1 aromatic rings. The molecule has 0 aliphatic rings. The van der Waals surface area contributed by atoms with Gasteiger partial charge in [-0.2, -0.15) is 0 Å². The van der Waals surface area contributed by atoms with Crippen molar-refractivity contribution in [2.45, 2.75) is 33.1 Å². The molecule has 0 unspecified atom stereocenters. The molecule has 0 saturated heterocycles. The minimum atomic E-state index is -0.920. The van der Waals surface area contributed by atoms with Gasteiger partial charge >= 0.3 is 5.97 Å². The van der Waals surface area contributed by atoms with Crippen molar-refractivity contribution >= 4 is 11.7 Å². The number of carbonyl (C=O) groups is 1. The molecule has 2 N–H and O–H groups in total. The molecule has 0 radical (unpaired) electrons. The maximum atomic E-state index is 10.3. The van der Waals surface area contributed by atoms with Crippen LogP contribution in [0.25, 0.3) is 0 Å². The minimum absolute atomic E-state index is 0.145. The fraction of sp³-hybridized carbons (Fsp3) is 0.400. The third kappa shape index (κ3) is 4.24. The summed E-state index contributed by atoms with van der Waals surface area (Å²) in [7, 11) is 0. The number of aliphatic carboxylic acids is 1. The molecule has 98 valence electrons. The summed E-state index contributed by atoms with van der Waals surface area (Å²) in [5.74, 6) is -0.920. The van der Waals surface area contributed by atoms with Gasteiger partial charge in [-0.1, -0.05) is 39.0 Å². The van der Waals surface area contributed by atoms with Crippen LogP contribution in [0.1, 0.15) is 31.9 Å². The second-order valence-electron chi connectivity index (χ2n) is 5.40. The van der Waals surface area contributed by atoms with Gasteiger partial charge in [-0.15, -0.1) is 0 Å². The van der Waals surface area contributed by atoms with Crippen molar-refractivity contribution in [1.29, 1.82) is 0 Å². The van der Waals surface area contributed by atoms with Gasteiger partial charge in [-0.3, -0.25) is 0 Å². The Balaban J connectivity index is 2.72. The lowest BCUT2D eigenvalue weighted by molar-refractivity contribution is -0.131. The molecule has 0 heterocycles. The second kappa shape index (κ2) is 5.71. The van der Waals surface area contributed by atoms with E-state index in [-0.39, 0.29) is 5.41 Å². The normalized spacial score (nSPS) is 11.8. The topological polar surface area (TPSA) is 49.3 Å². The summed E-state index contributed by atoms with van der Waals surface area (Å²) in [6.07, 6.45) is 2.74. The summed E-state index contributed by atoms with van der Waals surface area (Å²) in [5, 5.41) is 11.7. The van der Waals surface area contributed by atoms with E-state index in [0.717, 1.165) is 11.8 Å². The quantitative estimate of drug-likeness (QED) is 0.802. The van der Waals surface area contributed by atoms with Gasteiger partial charge in [0.05, 0.1) is 0 Å². The summed E-state index contributed by atoms with van der Waals surface area (Å²) in [5.41, 5.74) is 3.66. The number of hydrogen-bond acceptors (Lipinski definition) is 2. The zero-order valence-corrected chi connectivity index (χ0v) is 11.4. The van der Waals surface area contributed by atoms with Crippen LogP contribution in [0.3, 0.4) is 0 Å². The van der Waals surface area contributed by atoms with Gasteiger partial charge in [0.25, 0.3) is 0 Å². The van der Waals surface area contributed by atoms with E-state index in [1.807, 2.05) is 6.07 Å². The molecule has 0 aliphatic carbocycles. The number of rotatable bonds is 4. The lowest BCUT2D eigenvalue weighted by Crippen LogP contribution is -2.11. The number of carboxylic acids is 1. The largest absolute Gasteiger partial charge is 0.478 e. The number of nitrogens with one attached hydrogen (secondary N) is 1. The summed E-state index contributed by atoms with van der Waals surface area (Å²) in [6, 6.07) is 6.32. The van der Waals surface area contributed by atoms with Crippen LogP contribution < -0.4 is 5.32 Å². The molecular formula is C15H21NO2. The van der Waals surface area contributed by atoms with Crippen LogP contribution in [-0.4, -0.2) is 17.6 Å². The van der Waals surface area contributed by atoms with Gasteiger partial charge < -0.3 is 10.4 Å². The summed E-state index contributed by atoms with van der Waals surface area (Å²) >= 11 is 0. The standard InChI is InChI=1S/C15H21NO2/c1-11-10-12(15(2,3)4)7-8-13(11)16-9-5-6-14(17)18/h5-8,10,16H,9H2,1-4H3,(H,17,18)/b6-5+. The molecule has 18 heavy (non-hydrogen) atoms. The summed E-state index contributed by atoms with van der Waals surface area (Å²) in [6.45, 7) is 9.12. The highest BCUT2D eigenvalue weighted by Crippen LogP contribution is 2.26. The Hall–Kier alpha value is -1.77. The average molecular weight is 247 g/mol. The lowest BCUT2D eigenvalue weighted by atomic mass is 9.86. The Bertz CT molecular complexity index is 456. The van der Waals surface area contributed by atoms with Gasteiger partial charge in [0.2, 0.25) is 0 Å². The Morgan fingerprint density at radius 1 is 1.39 bits per heavy atom. The van der Waals surface area contributed by atoms with Crippen LogP contribution in [0.2, 0.25) is 0 Å². The molecule has 0 saturated carbocycles. The van der Waals surface area contributed by atoms with Crippen molar-refractivity contribution in [3.8, 4) is 0 Å². The minimum Gasteiger partial charge on any atom is -0.478 e. The SMILES string of the molecule is Cc1cc(C(C)(C)C)ccc1NC/C=C/C(=O)O. The predicted molar refractivity (Wildman–Crippen MR) is 75.1 cm³/mol. The Kier molecular flexibility index (Phi) is 4.54. The maximum absolute atomic E-state index is 10.3. The van der Waals surface area contributed by atoms with E-state index in [0.29, 0.717) is 6.54 Å². The fourth-order valence-electron chi connectivity index (χ4n) is 1.66. The van der Waals surface area contributed by atoms with E-state index in [1.54, 1.807) is 6.08 Å². The molecule has 0 aromatic heterocycles. The fourth-order valence-corrected chi connectivity index (χ4v) is 1.66. The number of benzene rings is 1. The average Bonchev–Trinajstić information content (AvgIpc) is 2.24. The van der Waals surface area contributed by atoms with E-state index >= 15 is 0 Å². The predicted octanol–water partition coefficient (Wildman–Crippen LogP) is 3.35. The van der Waals surface area contributed by atoms with E-state index in [2.05, 4.69) is 45.1 Å². The molecule has 0 spiro atoms. The highest BCUT2D eigenvalue weighted by molar-refractivity contribution is 5.79. The Morgan fingerprint density at radius 3 is 2.56 bits per heavy atom. The first-order valence-corrected chi connectivity index (χ1v) is 6.05. The molecule has 0 fully saturated rings. The summed E-state index contributed by atoms with van der Waals surface area (Å²) in [4.78, 5) is 10.3. The molecule has 3 heteroatoms. The van der Waals surface area contributed by atoms with Gasteiger partial charge in [-0.05, 0) is 29.5 Å². The highest BCUT2D eigenvalue weighted by atomic mass is 16.4. The van der Waals surface area contributed by atoms with Crippen LogP contribution in [0.5, 0.6) is 0 Å². The van der Waals surface area contributed by atoms with Crippen LogP contribution in [0, 0.1) is 6.92 Å². The van der Waals surface area contributed by atoms with Crippen molar-refractivity contribution < 1.29 is 9.90 Å². The van der Waals surface area contributed by atoms with E-state index in [4.69, 9.17) is 5.11 Å². The third-order valence-electron chi connectivity index (χ3n) is 2.76. The van der Waals surface area contributed by atoms with E-state index in [1.165, 1.54) is 11.1 Å². The molecule has 1 rings (SSSR count). The van der Waals surface area contributed by atoms with Gasteiger partial charge in [-0.25, -0.2) is 4.79 Å². The molecule has 1 aromatic carbocycles.